The molecule has 0 amide bonds. The van der Waals surface area contributed by atoms with E-state index in [2.05, 4.69) is 129 Å². The number of fused-ring (bicyclic) bond motifs is 8. The third-order valence-corrected chi connectivity index (χ3v) is 8.39. The van der Waals surface area contributed by atoms with Gasteiger partial charge >= 0.3 is 0 Å². The van der Waals surface area contributed by atoms with Gasteiger partial charge in [-0.05, 0) is 66.0 Å². The van der Waals surface area contributed by atoms with Gasteiger partial charge in [0.15, 0.2) is 0 Å². The minimum Gasteiger partial charge on any atom is -0.309 e. The molecule has 42 heavy (non-hydrogen) atoms. The van der Waals surface area contributed by atoms with Crippen LogP contribution in [-0.2, 0) is 0 Å². The standard InChI is InChI=1S/C38H24N4/c1-2-10-26(11-3-1)41-35-15-6-5-13-29(35)32-22-25-17-19-30-28-12-4-7-16-36(28)42(38(30)31(25)23-37(32)41)27-18-20-34(40-24-27)33-14-8-9-21-39-33/h1-24H. The predicted octanol–water partition coefficient (Wildman–Crippen LogP) is 9.49. The zero-order valence-electron chi connectivity index (χ0n) is 22.6. The second kappa shape index (κ2) is 8.88. The first-order chi connectivity index (χ1) is 20.8. The van der Waals surface area contributed by atoms with Crippen molar-refractivity contribution in [1.29, 1.82) is 0 Å². The zero-order valence-corrected chi connectivity index (χ0v) is 22.6. The summed E-state index contributed by atoms with van der Waals surface area (Å²) in [5.41, 5.74) is 8.67. The molecule has 0 saturated carbocycles. The van der Waals surface area contributed by atoms with Crippen LogP contribution in [-0.4, -0.2) is 19.1 Å². The molecule has 0 aliphatic rings. The Morgan fingerprint density at radius 3 is 1.88 bits per heavy atom. The molecule has 4 aromatic heterocycles. The van der Waals surface area contributed by atoms with Crippen LogP contribution in [0.2, 0.25) is 0 Å². The van der Waals surface area contributed by atoms with Gasteiger partial charge in [-0.25, -0.2) is 0 Å². The molecule has 4 heteroatoms. The summed E-state index contributed by atoms with van der Waals surface area (Å²) in [5, 5.41) is 7.40. The number of para-hydroxylation sites is 3. The van der Waals surface area contributed by atoms with E-state index in [0.717, 1.165) is 28.3 Å². The van der Waals surface area contributed by atoms with E-state index in [1.54, 1.807) is 6.20 Å². The number of nitrogens with zero attached hydrogens (tertiary/aromatic N) is 4. The van der Waals surface area contributed by atoms with Crippen LogP contribution < -0.4 is 0 Å². The van der Waals surface area contributed by atoms with Crippen LogP contribution in [0.3, 0.4) is 0 Å². The quantitative estimate of drug-likeness (QED) is 0.225. The normalized spacial score (nSPS) is 11.8. The Balaban J connectivity index is 1.39. The third kappa shape index (κ3) is 3.29. The summed E-state index contributed by atoms with van der Waals surface area (Å²) in [6.07, 6.45) is 3.77. The van der Waals surface area contributed by atoms with Crippen molar-refractivity contribution in [3.8, 4) is 22.8 Å². The van der Waals surface area contributed by atoms with E-state index in [1.807, 2.05) is 24.4 Å². The average molecular weight is 537 g/mol. The highest BCUT2D eigenvalue weighted by Crippen LogP contribution is 2.40. The monoisotopic (exact) mass is 536 g/mol. The van der Waals surface area contributed by atoms with Gasteiger partial charge in [0.05, 0.1) is 45.3 Å². The summed E-state index contributed by atoms with van der Waals surface area (Å²) in [5.74, 6) is 0. The molecule has 196 valence electrons. The van der Waals surface area contributed by atoms with Gasteiger partial charge in [-0.3, -0.25) is 9.97 Å². The minimum atomic E-state index is 0.860. The Morgan fingerprint density at radius 1 is 0.405 bits per heavy atom. The van der Waals surface area contributed by atoms with Crippen LogP contribution in [0.5, 0.6) is 0 Å². The fourth-order valence-electron chi connectivity index (χ4n) is 6.55. The Hall–Kier alpha value is -5.74. The van der Waals surface area contributed by atoms with Crippen LogP contribution in [0.1, 0.15) is 0 Å². The largest absolute Gasteiger partial charge is 0.309 e. The Kier molecular flexibility index (Phi) is 4.87. The summed E-state index contributed by atoms with van der Waals surface area (Å²) >= 11 is 0. The molecule has 0 unspecified atom stereocenters. The van der Waals surface area contributed by atoms with Gasteiger partial charge in [0.25, 0.3) is 0 Å². The van der Waals surface area contributed by atoms with Gasteiger partial charge in [0, 0.05) is 38.8 Å². The molecule has 0 spiro atoms. The summed E-state index contributed by atoms with van der Waals surface area (Å²) in [7, 11) is 0. The van der Waals surface area contributed by atoms with Crippen molar-refractivity contribution in [1.82, 2.24) is 19.1 Å². The van der Waals surface area contributed by atoms with Gasteiger partial charge in [-0.1, -0.05) is 72.8 Å². The molecular weight excluding hydrogens is 512 g/mol. The lowest BCUT2D eigenvalue weighted by Crippen LogP contribution is -1.97. The molecule has 5 aromatic carbocycles. The van der Waals surface area contributed by atoms with Crippen molar-refractivity contribution >= 4 is 54.4 Å². The average Bonchev–Trinajstić information content (AvgIpc) is 3.57. The molecule has 0 aliphatic heterocycles. The van der Waals surface area contributed by atoms with E-state index < -0.39 is 0 Å². The topological polar surface area (TPSA) is 35.6 Å². The highest BCUT2D eigenvalue weighted by Gasteiger charge is 2.18. The molecule has 0 fully saturated rings. The number of rotatable bonds is 3. The molecule has 0 bridgehead atoms. The van der Waals surface area contributed by atoms with Crippen molar-refractivity contribution in [3.05, 3.63) is 146 Å². The van der Waals surface area contributed by atoms with Crippen molar-refractivity contribution in [2.45, 2.75) is 0 Å². The zero-order chi connectivity index (χ0) is 27.6. The Bertz CT molecular complexity index is 2430. The van der Waals surface area contributed by atoms with Crippen LogP contribution in [0.15, 0.2) is 146 Å². The number of benzene rings is 5. The molecule has 0 N–H and O–H groups in total. The first-order valence-corrected chi connectivity index (χ1v) is 14.2. The lowest BCUT2D eigenvalue weighted by atomic mass is 10.0. The van der Waals surface area contributed by atoms with E-state index in [-0.39, 0.29) is 0 Å². The number of pyridine rings is 2. The lowest BCUT2D eigenvalue weighted by molar-refractivity contribution is 1.14. The number of hydrogen-bond acceptors (Lipinski definition) is 2. The van der Waals surface area contributed by atoms with Gasteiger partial charge < -0.3 is 9.13 Å². The van der Waals surface area contributed by atoms with Crippen LogP contribution in [0.4, 0.5) is 0 Å². The van der Waals surface area contributed by atoms with Crippen molar-refractivity contribution in [3.63, 3.8) is 0 Å². The van der Waals surface area contributed by atoms with E-state index >= 15 is 0 Å². The molecule has 4 nitrogen and oxygen atoms in total. The van der Waals surface area contributed by atoms with Gasteiger partial charge in [0.2, 0.25) is 0 Å². The van der Waals surface area contributed by atoms with E-state index in [9.17, 15) is 0 Å². The summed E-state index contributed by atoms with van der Waals surface area (Å²) < 4.78 is 4.75. The smallest absolute Gasteiger partial charge is 0.0887 e. The molecule has 0 saturated heterocycles. The Labute approximate surface area is 241 Å². The number of hydrogen-bond donors (Lipinski definition) is 0. The van der Waals surface area contributed by atoms with Crippen molar-refractivity contribution in [2.75, 3.05) is 0 Å². The highest BCUT2D eigenvalue weighted by molar-refractivity contribution is 6.22. The van der Waals surface area contributed by atoms with E-state index in [4.69, 9.17) is 4.98 Å². The second-order valence-corrected chi connectivity index (χ2v) is 10.7. The summed E-state index contributed by atoms with van der Waals surface area (Å²) in [6, 6.07) is 47.4. The maximum absolute atomic E-state index is 4.84. The lowest BCUT2D eigenvalue weighted by Gasteiger charge is -2.12. The van der Waals surface area contributed by atoms with Gasteiger partial charge in [-0.2, -0.15) is 0 Å². The maximum atomic E-state index is 4.84. The molecule has 4 heterocycles. The molecule has 0 aliphatic carbocycles. The van der Waals surface area contributed by atoms with Crippen LogP contribution >= 0.6 is 0 Å². The van der Waals surface area contributed by atoms with Gasteiger partial charge in [0.1, 0.15) is 0 Å². The van der Waals surface area contributed by atoms with Crippen molar-refractivity contribution in [2.24, 2.45) is 0 Å². The second-order valence-electron chi connectivity index (χ2n) is 10.7. The SMILES string of the molecule is c1ccc(-n2c3ccccc3c3cc4ccc5c6ccccc6n(-c6ccc(-c7ccccn7)nc6)c5c4cc32)cc1. The maximum Gasteiger partial charge on any atom is 0.0887 e. The third-order valence-electron chi connectivity index (χ3n) is 8.39. The van der Waals surface area contributed by atoms with Crippen LogP contribution in [0.25, 0.3) is 77.1 Å². The summed E-state index contributed by atoms with van der Waals surface area (Å²) in [6.45, 7) is 0. The fraction of sp³-hybridized carbons (Fsp3) is 0. The minimum absolute atomic E-state index is 0.860. The molecule has 9 aromatic rings. The molecule has 0 radical (unpaired) electrons. The number of aromatic nitrogens is 4. The first-order valence-electron chi connectivity index (χ1n) is 14.2. The van der Waals surface area contributed by atoms with E-state index in [1.165, 1.54) is 48.9 Å². The highest BCUT2D eigenvalue weighted by atomic mass is 15.0. The first kappa shape index (κ1) is 23.0. The molecular formula is C38H24N4. The van der Waals surface area contributed by atoms with Crippen molar-refractivity contribution < 1.29 is 0 Å². The Morgan fingerprint density at radius 2 is 1.12 bits per heavy atom. The van der Waals surface area contributed by atoms with E-state index in [0.29, 0.717) is 0 Å². The van der Waals surface area contributed by atoms with Gasteiger partial charge in [-0.15, -0.1) is 0 Å². The molecule has 9 rings (SSSR count). The summed E-state index contributed by atoms with van der Waals surface area (Å²) in [4.78, 5) is 9.33. The fourth-order valence-corrected chi connectivity index (χ4v) is 6.55. The van der Waals surface area contributed by atoms with Crippen LogP contribution in [0, 0.1) is 0 Å². The molecule has 0 atom stereocenters. The predicted molar refractivity (Wildman–Crippen MR) is 174 cm³/mol.